The van der Waals surface area contributed by atoms with Crippen molar-refractivity contribution in [2.24, 2.45) is 4.99 Å². The molecule has 0 bridgehead atoms. The third-order valence-electron chi connectivity index (χ3n) is 5.59. The summed E-state index contributed by atoms with van der Waals surface area (Å²) in [7, 11) is 0. The minimum absolute atomic E-state index is 0.0240. The number of benzene rings is 2. The number of amides is 1. The summed E-state index contributed by atoms with van der Waals surface area (Å²) in [6, 6.07) is 8.78. The molecular weight excluding hydrogens is 476 g/mol. The first-order chi connectivity index (χ1) is 15.6. The largest absolute Gasteiger partial charge is 0.400 e. The van der Waals surface area contributed by atoms with E-state index in [1.165, 1.54) is 36.9 Å². The second-order valence-electron chi connectivity index (χ2n) is 7.79. The fourth-order valence-electron chi connectivity index (χ4n) is 3.86. The van der Waals surface area contributed by atoms with Gasteiger partial charge in [-0.05, 0) is 53.9 Å². The molecule has 170 valence electrons. The van der Waals surface area contributed by atoms with Gasteiger partial charge in [0.2, 0.25) is 0 Å². The molecule has 2 aromatic carbocycles. The number of nitrogens with zero attached hydrogens (tertiary/aromatic N) is 3. The monoisotopic (exact) mass is 492 g/mol. The van der Waals surface area contributed by atoms with Crippen LogP contribution in [0.3, 0.4) is 0 Å². The van der Waals surface area contributed by atoms with Crippen molar-refractivity contribution in [3.63, 3.8) is 0 Å². The molecule has 4 rings (SSSR count). The first kappa shape index (κ1) is 23.2. The zero-order valence-electron chi connectivity index (χ0n) is 17.3. The van der Waals surface area contributed by atoms with Crippen LogP contribution in [0.1, 0.15) is 33.5 Å². The number of anilines is 1. The van der Waals surface area contributed by atoms with Crippen LogP contribution >= 0.6 is 23.2 Å². The van der Waals surface area contributed by atoms with Crippen molar-refractivity contribution in [1.29, 1.82) is 0 Å². The summed E-state index contributed by atoms with van der Waals surface area (Å²) in [6.45, 7) is 1.24. The molecule has 3 aromatic rings. The Morgan fingerprint density at radius 2 is 1.73 bits per heavy atom. The number of carbonyl (C=O) groups is 1. The van der Waals surface area contributed by atoms with Gasteiger partial charge in [0.1, 0.15) is 11.7 Å². The molecule has 0 saturated carbocycles. The number of aliphatic imine (C=N–C) groups is 1. The first-order valence-corrected chi connectivity index (χ1v) is 10.6. The lowest BCUT2D eigenvalue weighted by Gasteiger charge is -2.31. The Bertz CT molecular complexity index is 1230. The van der Waals surface area contributed by atoms with E-state index in [2.05, 4.69) is 20.3 Å². The molecule has 1 amide bonds. The molecule has 33 heavy (non-hydrogen) atoms. The van der Waals surface area contributed by atoms with Gasteiger partial charge < -0.3 is 5.32 Å². The highest BCUT2D eigenvalue weighted by atomic mass is 35.5. The lowest BCUT2D eigenvalue weighted by atomic mass is 9.76. The molecule has 1 unspecified atom stereocenters. The molecule has 1 aliphatic heterocycles. The normalized spacial score (nSPS) is 18.2. The molecule has 5 nitrogen and oxygen atoms in total. The van der Waals surface area contributed by atoms with Crippen LogP contribution in [0.25, 0.3) is 0 Å². The molecule has 1 aromatic heterocycles. The Morgan fingerprint density at radius 3 is 2.33 bits per heavy atom. The summed E-state index contributed by atoms with van der Waals surface area (Å²) < 4.78 is 42.9. The molecule has 10 heteroatoms. The molecule has 0 aliphatic carbocycles. The van der Waals surface area contributed by atoms with Crippen molar-refractivity contribution in [2.75, 3.05) is 11.9 Å². The van der Waals surface area contributed by atoms with Crippen molar-refractivity contribution >= 4 is 40.5 Å². The van der Waals surface area contributed by atoms with Crippen molar-refractivity contribution in [3.05, 3.63) is 87.4 Å². The van der Waals surface area contributed by atoms with Crippen LogP contribution in [0, 0.1) is 6.92 Å². The number of aromatic nitrogens is 2. The maximum atomic E-state index is 14.3. The Balaban J connectivity index is 1.61. The molecule has 1 N–H and O–H groups in total. The van der Waals surface area contributed by atoms with Crippen LogP contribution in [-0.2, 0) is 5.41 Å². The van der Waals surface area contributed by atoms with Gasteiger partial charge in [0.25, 0.3) is 5.91 Å². The number of carbonyl (C=O) groups excluding carboxylic acids is 1. The fourth-order valence-corrected chi connectivity index (χ4v) is 4.38. The SMILES string of the molecule is Cc1cc(C2=NCC(c3cc(Cl)cc(Cl)c3)(C(F)(F)F)C2)ccc1C(=O)Nc1cncnc1. The van der Waals surface area contributed by atoms with E-state index in [9.17, 15) is 18.0 Å². The van der Waals surface area contributed by atoms with E-state index in [1.807, 2.05) is 0 Å². The van der Waals surface area contributed by atoms with Crippen LogP contribution < -0.4 is 5.32 Å². The van der Waals surface area contributed by atoms with Gasteiger partial charge in [0.05, 0.1) is 24.6 Å². The third-order valence-corrected chi connectivity index (χ3v) is 6.03. The highest BCUT2D eigenvalue weighted by molar-refractivity contribution is 6.34. The molecule has 0 saturated heterocycles. The Labute approximate surface area is 197 Å². The predicted octanol–water partition coefficient (Wildman–Crippen LogP) is 6.04. The number of hydrogen-bond acceptors (Lipinski definition) is 4. The minimum atomic E-state index is -4.57. The summed E-state index contributed by atoms with van der Waals surface area (Å²) >= 11 is 12.0. The summed E-state index contributed by atoms with van der Waals surface area (Å²) in [6.07, 6.45) is -0.671. The van der Waals surface area contributed by atoms with Gasteiger partial charge >= 0.3 is 6.18 Å². The molecule has 0 radical (unpaired) electrons. The van der Waals surface area contributed by atoms with Gasteiger partial charge in [-0.25, -0.2) is 9.97 Å². The Hall–Kier alpha value is -2.97. The van der Waals surface area contributed by atoms with E-state index in [0.29, 0.717) is 28.1 Å². The molecular formula is C23H17Cl2F3N4O. The van der Waals surface area contributed by atoms with E-state index in [1.54, 1.807) is 25.1 Å². The second-order valence-corrected chi connectivity index (χ2v) is 8.66. The number of halogens is 5. The van der Waals surface area contributed by atoms with Gasteiger partial charge in [-0.15, -0.1) is 0 Å². The number of aryl methyl sites for hydroxylation is 1. The van der Waals surface area contributed by atoms with Crippen LogP contribution in [0.2, 0.25) is 10.0 Å². The van der Waals surface area contributed by atoms with Crippen molar-refractivity contribution < 1.29 is 18.0 Å². The van der Waals surface area contributed by atoms with Gasteiger partial charge in [0.15, 0.2) is 0 Å². The zero-order chi connectivity index (χ0) is 23.8. The highest BCUT2D eigenvalue weighted by Crippen LogP contribution is 2.48. The number of rotatable bonds is 4. The van der Waals surface area contributed by atoms with E-state index >= 15 is 0 Å². The second kappa shape index (κ2) is 8.76. The molecule has 1 atom stereocenters. The van der Waals surface area contributed by atoms with Crippen molar-refractivity contribution in [2.45, 2.75) is 24.9 Å². The molecule has 0 fully saturated rings. The quantitative estimate of drug-likeness (QED) is 0.482. The lowest BCUT2D eigenvalue weighted by Crippen LogP contribution is -2.43. The summed E-state index contributed by atoms with van der Waals surface area (Å²) in [5.41, 5.74) is -0.0231. The average Bonchev–Trinajstić information content (AvgIpc) is 3.21. The van der Waals surface area contributed by atoms with Crippen LogP contribution in [-0.4, -0.2) is 34.3 Å². The maximum Gasteiger partial charge on any atom is 0.400 e. The zero-order valence-corrected chi connectivity index (χ0v) is 18.8. The van der Waals surface area contributed by atoms with E-state index in [0.717, 1.165) is 0 Å². The van der Waals surface area contributed by atoms with Crippen LogP contribution in [0.5, 0.6) is 0 Å². The fraction of sp³-hybridized carbons (Fsp3) is 0.217. The van der Waals surface area contributed by atoms with Gasteiger partial charge in [-0.3, -0.25) is 9.79 Å². The maximum absolute atomic E-state index is 14.3. The first-order valence-electron chi connectivity index (χ1n) is 9.83. The van der Waals surface area contributed by atoms with E-state index in [-0.39, 0.29) is 27.9 Å². The van der Waals surface area contributed by atoms with Crippen LogP contribution in [0.4, 0.5) is 18.9 Å². The number of hydrogen-bond donors (Lipinski definition) is 1. The Kier molecular flexibility index (Phi) is 6.16. The molecule has 2 heterocycles. The van der Waals surface area contributed by atoms with Gasteiger partial charge in [-0.1, -0.05) is 29.3 Å². The smallest absolute Gasteiger partial charge is 0.319 e. The number of alkyl halides is 3. The Morgan fingerprint density at radius 1 is 1.06 bits per heavy atom. The van der Waals surface area contributed by atoms with Crippen molar-refractivity contribution in [3.8, 4) is 0 Å². The van der Waals surface area contributed by atoms with Crippen molar-refractivity contribution in [1.82, 2.24) is 9.97 Å². The van der Waals surface area contributed by atoms with Crippen LogP contribution in [0.15, 0.2) is 60.1 Å². The number of nitrogens with one attached hydrogen (secondary N) is 1. The predicted molar refractivity (Wildman–Crippen MR) is 121 cm³/mol. The van der Waals surface area contributed by atoms with E-state index < -0.39 is 18.1 Å². The minimum Gasteiger partial charge on any atom is -0.319 e. The van der Waals surface area contributed by atoms with Gasteiger partial charge in [0, 0.05) is 27.7 Å². The van der Waals surface area contributed by atoms with E-state index in [4.69, 9.17) is 23.2 Å². The summed E-state index contributed by atoms with van der Waals surface area (Å²) in [5.74, 6) is -0.375. The third kappa shape index (κ3) is 4.58. The molecule has 0 spiro atoms. The average molecular weight is 493 g/mol. The molecule has 1 aliphatic rings. The standard InChI is InChI=1S/C23H17Cl2F3N4O/c1-13-4-14(2-3-19(13)21(33)32-18-9-29-12-30-10-18)20-8-22(11-31-20,23(26,27)28)15-5-16(24)7-17(25)6-15/h2-7,9-10,12H,8,11H2,1H3,(H,32,33). The summed E-state index contributed by atoms with van der Waals surface area (Å²) in [4.78, 5) is 24.5. The lowest BCUT2D eigenvalue weighted by molar-refractivity contribution is -0.183. The topological polar surface area (TPSA) is 67.2 Å². The highest BCUT2D eigenvalue weighted by Gasteiger charge is 2.58. The van der Waals surface area contributed by atoms with Gasteiger partial charge in [-0.2, -0.15) is 13.2 Å². The summed E-state index contributed by atoms with van der Waals surface area (Å²) in [5, 5.41) is 2.94.